The van der Waals surface area contributed by atoms with Gasteiger partial charge in [0, 0.05) is 6.04 Å². The lowest BCUT2D eigenvalue weighted by Gasteiger charge is -2.20. The van der Waals surface area contributed by atoms with Gasteiger partial charge < -0.3 is 19.9 Å². The number of methoxy groups -OCH3 is 1. The van der Waals surface area contributed by atoms with Gasteiger partial charge in [-0.05, 0) is 67.7 Å². The first kappa shape index (κ1) is 18.3. The van der Waals surface area contributed by atoms with E-state index >= 15 is 0 Å². The summed E-state index contributed by atoms with van der Waals surface area (Å²) in [7, 11) is 1.63. The van der Waals surface area contributed by atoms with Crippen LogP contribution in [-0.4, -0.2) is 32.0 Å². The van der Waals surface area contributed by atoms with Crippen LogP contribution in [0.1, 0.15) is 33.3 Å². The molecule has 5 heteroatoms. The van der Waals surface area contributed by atoms with Crippen molar-refractivity contribution in [2.45, 2.75) is 45.8 Å². The molecule has 0 spiro atoms. The first-order chi connectivity index (χ1) is 9.73. The van der Waals surface area contributed by atoms with Gasteiger partial charge in [-0.3, -0.25) is 0 Å². The fourth-order valence-electron chi connectivity index (χ4n) is 1.89. The molecule has 0 saturated heterocycles. The first-order valence-corrected chi connectivity index (χ1v) is 7.91. The third-order valence-electron chi connectivity index (χ3n) is 2.71. The predicted molar refractivity (Wildman–Crippen MR) is 89.2 cm³/mol. The molecule has 1 rings (SSSR count). The van der Waals surface area contributed by atoms with E-state index < -0.39 is 0 Å². The molecule has 21 heavy (non-hydrogen) atoms. The molecule has 0 heterocycles. The van der Waals surface area contributed by atoms with Crippen molar-refractivity contribution in [1.82, 2.24) is 0 Å². The van der Waals surface area contributed by atoms with Crippen LogP contribution in [0.2, 0.25) is 0 Å². The van der Waals surface area contributed by atoms with Crippen molar-refractivity contribution < 1.29 is 14.2 Å². The van der Waals surface area contributed by atoms with Crippen LogP contribution >= 0.6 is 15.9 Å². The van der Waals surface area contributed by atoms with Gasteiger partial charge in [-0.25, -0.2) is 0 Å². The summed E-state index contributed by atoms with van der Waals surface area (Å²) in [5.41, 5.74) is 6.80. The smallest absolute Gasteiger partial charge is 0.175 e. The van der Waals surface area contributed by atoms with Crippen molar-refractivity contribution in [2.24, 2.45) is 5.73 Å². The van der Waals surface area contributed by atoms with Crippen molar-refractivity contribution in [2.75, 3.05) is 20.3 Å². The summed E-state index contributed by atoms with van der Waals surface area (Å²) in [5, 5.41) is 0. The monoisotopic (exact) mass is 359 g/mol. The predicted octanol–water partition coefficient (Wildman–Crippen LogP) is 3.54. The Morgan fingerprint density at radius 3 is 2.43 bits per heavy atom. The average molecular weight is 360 g/mol. The van der Waals surface area contributed by atoms with Crippen LogP contribution in [0.25, 0.3) is 0 Å². The molecular weight excluding hydrogens is 334 g/mol. The van der Waals surface area contributed by atoms with Crippen LogP contribution in [0.15, 0.2) is 16.6 Å². The second kappa shape index (κ2) is 8.01. The van der Waals surface area contributed by atoms with Crippen molar-refractivity contribution in [3.05, 3.63) is 22.2 Å². The highest BCUT2D eigenvalue weighted by molar-refractivity contribution is 9.10. The van der Waals surface area contributed by atoms with E-state index in [9.17, 15) is 0 Å². The van der Waals surface area contributed by atoms with Crippen LogP contribution in [0.5, 0.6) is 11.5 Å². The van der Waals surface area contributed by atoms with Crippen molar-refractivity contribution in [1.29, 1.82) is 0 Å². The Kier molecular flexibility index (Phi) is 6.97. The third-order valence-corrected chi connectivity index (χ3v) is 3.30. The zero-order chi connectivity index (χ0) is 16.0. The van der Waals surface area contributed by atoms with Gasteiger partial charge in [-0.2, -0.15) is 0 Å². The van der Waals surface area contributed by atoms with E-state index in [0.717, 1.165) is 16.5 Å². The second-order valence-electron chi connectivity index (χ2n) is 6.10. The molecule has 0 amide bonds. The summed E-state index contributed by atoms with van der Waals surface area (Å²) in [6.07, 6.45) is 0.794. The number of hydrogen-bond acceptors (Lipinski definition) is 4. The molecule has 120 valence electrons. The lowest BCUT2D eigenvalue weighted by atomic mass is 10.1. The molecule has 0 aromatic heterocycles. The second-order valence-corrected chi connectivity index (χ2v) is 6.95. The summed E-state index contributed by atoms with van der Waals surface area (Å²) in [4.78, 5) is 0. The zero-order valence-electron chi connectivity index (χ0n) is 13.5. The first-order valence-electron chi connectivity index (χ1n) is 7.11. The largest absolute Gasteiger partial charge is 0.493 e. The standard InChI is InChI=1S/C16H26BrNO3/c1-11(18)8-12-9-13(17)15(14(10-12)19-5)20-6-7-21-16(2,3)4/h9-11H,6-8,18H2,1-5H3. The highest BCUT2D eigenvalue weighted by atomic mass is 79.9. The van der Waals surface area contributed by atoms with E-state index in [1.54, 1.807) is 7.11 Å². The van der Waals surface area contributed by atoms with E-state index in [2.05, 4.69) is 15.9 Å². The van der Waals surface area contributed by atoms with Crippen LogP contribution < -0.4 is 15.2 Å². The Morgan fingerprint density at radius 2 is 1.90 bits per heavy atom. The van der Waals surface area contributed by atoms with Gasteiger partial charge in [0.2, 0.25) is 0 Å². The summed E-state index contributed by atoms with van der Waals surface area (Å²) in [5.74, 6) is 1.40. The van der Waals surface area contributed by atoms with Gasteiger partial charge in [0.15, 0.2) is 11.5 Å². The molecular formula is C16H26BrNO3. The molecule has 2 N–H and O–H groups in total. The maximum Gasteiger partial charge on any atom is 0.175 e. The Labute approximate surface area is 136 Å². The average Bonchev–Trinajstić information content (AvgIpc) is 2.33. The Morgan fingerprint density at radius 1 is 1.24 bits per heavy atom. The number of nitrogens with two attached hydrogens (primary N) is 1. The highest BCUT2D eigenvalue weighted by Gasteiger charge is 2.14. The minimum absolute atomic E-state index is 0.105. The van der Waals surface area contributed by atoms with E-state index in [1.165, 1.54) is 0 Å². The van der Waals surface area contributed by atoms with E-state index in [-0.39, 0.29) is 11.6 Å². The lowest BCUT2D eigenvalue weighted by Crippen LogP contribution is -2.22. The summed E-state index contributed by atoms with van der Waals surface area (Å²) in [6.45, 7) is 9.04. The molecule has 0 saturated carbocycles. The Hall–Kier alpha value is -0.780. The van der Waals surface area contributed by atoms with Gasteiger partial charge in [0.05, 0.1) is 23.8 Å². The number of halogens is 1. The van der Waals surface area contributed by atoms with Crippen LogP contribution in [0.4, 0.5) is 0 Å². The summed E-state index contributed by atoms with van der Waals surface area (Å²) < 4.78 is 17.7. The maximum atomic E-state index is 5.84. The zero-order valence-corrected chi connectivity index (χ0v) is 15.1. The molecule has 1 atom stereocenters. The Balaban J connectivity index is 2.73. The van der Waals surface area contributed by atoms with Gasteiger partial charge in [-0.1, -0.05) is 0 Å². The fraction of sp³-hybridized carbons (Fsp3) is 0.625. The van der Waals surface area contributed by atoms with Gasteiger partial charge >= 0.3 is 0 Å². The van der Waals surface area contributed by atoms with E-state index in [0.29, 0.717) is 24.7 Å². The molecule has 0 bridgehead atoms. The van der Waals surface area contributed by atoms with Crippen LogP contribution in [0.3, 0.4) is 0 Å². The Bertz CT molecular complexity index is 456. The molecule has 1 unspecified atom stereocenters. The normalized spacial score (nSPS) is 13.1. The number of ether oxygens (including phenoxy) is 3. The molecule has 0 radical (unpaired) electrons. The number of benzene rings is 1. The van der Waals surface area contributed by atoms with E-state index in [4.69, 9.17) is 19.9 Å². The van der Waals surface area contributed by atoms with Crippen LogP contribution in [-0.2, 0) is 11.2 Å². The number of rotatable bonds is 7. The minimum atomic E-state index is -0.161. The molecule has 0 aliphatic rings. The fourth-order valence-corrected chi connectivity index (χ4v) is 2.50. The minimum Gasteiger partial charge on any atom is -0.493 e. The van der Waals surface area contributed by atoms with E-state index in [1.807, 2.05) is 39.8 Å². The van der Waals surface area contributed by atoms with Crippen molar-refractivity contribution in [3.63, 3.8) is 0 Å². The molecule has 1 aromatic carbocycles. The van der Waals surface area contributed by atoms with Crippen LogP contribution in [0, 0.1) is 0 Å². The molecule has 0 fully saturated rings. The van der Waals surface area contributed by atoms with Gasteiger partial charge in [-0.15, -0.1) is 0 Å². The molecule has 1 aromatic rings. The van der Waals surface area contributed by atoms with Crippen molar-refractivity contribution >= 4 is 15.9 Å². The highest BCUT2D eigenvalue weighted by Crippen LogP contribution is 2.37. The molecule has 0 aliphatic heterocycles. The SMILES string of the molecule is COc1cc(CC(C)N)cc(Br)c1OCCOC(C)(C)C. The maximum absolute atomic E-state index is 5.84. The van der Waals surface area contributed by atoms with Gasteiger partial charge in [0.1, 0.15) is 6.61 Å². The van der Waals surface area contributed by atoms with Gasteiger partial charge in [0.25, 0.3) is 0 Å². The third kappa shape index (κ3) is 6.68. The van der Waals surface area contributed by atoms with Crippen molar-refractivity contribution in [3.8, 4) is 11.5 Å². The lowest BCUT2D eigenvalue weighted by molar-refractivity contribution is -0.0166. The summed E-state index contributed by atoms with van der Waals surface area (Å²) in [6, 6.07) is 4.09. The number of hydrogen-bond donors (Lipinski definition) is 1. The molecule has 4 nitrogen and oxygen atoms in total. The summed E-state index contributed by atoms with van der Waals surface area (Å²) >= 11 is 3.53. The topological polar surface area (TPSA) is 53.7 Å². The quantitative estimate of drug-likeness (QED) is 0.756. The molecule has 0 aliphatic carbocycles.